The van der Waals surface area contributed by atoms with E-state index in [1.54, 1.807) is 12.1 Å². The van der Waals surface area contributed by atoms with Gasteiger partial charge in [-0.1, -0.05) is 49.3 Å². The summed E-state index contributed by atoms with van der Waals surface area (Å²) in [4.78, 5) is 4.87. The van der Waals surface area contributed by atoms with Crippen LogP contribution in [0.2, 0.25) is 10.0 Å². The first kappa shape index (κ1) is 13.5. The number of hydrogen-bond donors (Lipinski definition) is 1. The molecule has 5 heteroatoms. The van der Waals surface area contributed by atoms with Gasteiger partial charge in [-0.15, -0.1) is 0 Å². The topological polar surface area (TPSA) is 38.9 Å². The molecule has 0 aliphatic carbocycles. The fourth-order valence-corrected chi connectivity index (χ4v) is 2.48. The first-order valence-electron chi connectivity index (χ1n) is 5.49. The highest BCUT2D eigenvalue weighted by Gasteiger charge is 2.13. The Hall–Kier alpha value is -0.900. The van der Waals surface area contributed by atoms with Gasteiger partial charge < -0.3 is 5.73 Å². The van der Waals surface area contributed by atoms with Gasteiger partial charge in [0.15, 0.2) is 0 Å². The molecule has 0 unspecified atom stereocenters. The molecule has 94 valence electrons. The molecule has 0 aliphatic rings. The summed E-state index contributed by atoms with van der Waals surface area (Å²) >= 11 is 17.3. The number of rotatable bonds is 2. The van der Waals surface area contributed by atoms with Crippen LogP contribution in [-0.4, -0.2) is 9.97 Å². The summed E-state index contributed by atoms with van der Waals surface area (Å²) < 4.78 is 0. The van der Waals surface area contributed by atoms with E-state index in [4.69, 9.17) is 41.2 Å². The highest BCUT2D eigenvalue weighted by molar-refractivity contribution is 7.80. The van der Waals surface area contributed by atoms with Gasteiger partial charge >= 0.3 is 0 Å². The molecule has 0 atom stereocenters. The van der Waals surface area contributed by atoms with Crippen LogP contribution in [0.3, 0.4) is 0 Å². The van der Waals surface area contributed by atoms with Crippen molar-refractivity contribution in [1.29, 1.82) is 0 Å². The fraction of sp³-hybridized carbons (Fsp3) is 0.231. The molecule has 0 amide bonds. The second kappa shape index (κ2) is 5.00. The first-order chi connectivity index (χ1) is 8.40. The highest BCUT2D eigenvalue weighted by Crippen LogP contribution is 2.30. The molecule has 0 aliphatic heterocycles. The number of aromatic nitrogens is 1. The molecule has 1 heterocycles. The lowest BCUT2D eigenvalue weighted by Crippen LogP contribution is -2.12. The van der Waals surface area contributed by atoms with Gasteiger partial charge in [0.1, 0.15) is 4.99 Å². The Bertz CT molecular complexity index is 638. The number of halogens is 2. The van der Waals surface area contributed by atoms with Crippen molar-refractivity contribution in [3.05, 3.63) is 39.5 Å². The lowest BCUT2D eigenvalue weighted by molar-refractivity contribution is 0.829. The maximum atomic E-state index is 6.18. The Morgan fingerprint density at radius 3 is 2.50 bits per heavy atom. The smallest absolute Gasteiger partial charge is 0.104 e. The first-order valence-corrected chi connectivity index (χ1v) is 6.66. The Morgan fingerprint density at radius 2 is 1.94 bits per heavy atom. The summed E-state index contributed by atoms with van der Waals surface area (Å²) in [5.74, 6) is 0.272. The SMILES string of the molecule is CC(C)c1cc(C(N)=S)c2cc(Cl)cc(Cl)c2n1. The van der Waals surface area contributed by atoms with Crippen LogP contribution in [0, 0.1) is 0 Å². The van der Waals surface area contributed by atoms with Crippen molar-refractivity contribution in [2.45, 2.75) is 19.8 Å². The van der Waals surface area contributed by atoms with Gasteiger partial charge in [-0.2, -0.15) is 0 Å². The van der Waals surface area contributed by atoms with Crippen LogP contribution in [0.4, 0.5) is 0 Å². The van der Waals surface area contributed by atoms with Crippen molar-refractivity contribution in [1.82, 2.24) is 4.98 Å². The highest BCUT2D eigenvalue weighted by atomic mass is 35.5. The molecular weight excluding hydrogens is 287 g/mol. The number of fused-ring (bicyclic) bond motifs is 1. The molecule has 0 saturated carbocycles. The van der Waals surface area contributed by atoms with Crippen molar-refractivity contribution in [3.8, 4) is 0 Å². The molecule has 18 heavy (non-hydrogen) atoms. The number of thiocarbonyl (C=S) groups is 1. The summed E-state index contributed by atoms with van der Waals surface area (Å²) in [6, 6.07) is 5.36. The van der Waals surface area contributed by atoms with E-state index in [9.17, 15) is 0 Å². The average Bonchev–Trinajstić information content (AvgIpc) is 2.27. The molecule has 0 spiro atoms. The molecule has 2 N–H and O–H groups in total. The van der Waals surface area contributed by atoms with Crippen LogP contribution in [0.15, 0.2) is 18.2 Å². The third kappa shape index (κ3) is 2.44. The third-order valence-electron chi connectivity index (χ3n) is 2.71. The Balaban J connectivity index is 2.90. The lowest BCUT2D eigenvalue weighted by atomic mass is 10.0. The van der Waals surface area contributed by atoms with Gasteiger partial charge in [-0.05, 0) is 24.1 Å². The van der Waals surface area contributed by atoms with E-state index < -0.39 is 0 Å². The zero-order valence-corrected chi connectivity index (χ0v) is 12.3. The zero-order chi connectivity index (χ0) is 13.4. The Morgan fingerprint density at radius 1 is 1.28 bits per heavy atom. The van der Waals surface area contributed by atoms with Crippen LogP contribution in [0.1, 0.15) is 31.0 Å². The van der Waals surface area contributed by atoms with E-state index in [1.165, 1.54) is 0 Å². The standard InChI is InChI=1S/C13H12Cl2N2S/c1-6(2)11-5-9(13(16)18)8-3-7(14)4-10(15)12(8)17-11/h3-6H,1-2H3,(H2,16,18). The van der Waals surface area contributed by atoms with E-state index in [0.29, 0.717) is 20.6 Å². The van der Waals surface area contributed by atoms with Gasteiger partial charge in [0, 0.05) is 21.7 Å². The minimum atomic E-state index is 0.272. The quantitative estimate of drug-likeness (QED) is 0.840. The number of nitrogens with zero attached hydrogens (tertiary/aromatic N) is 1. The van der Waals surface area contributed by atoms with Gasteiger partial charge in [0.2, 0.25) is 0 Å². The van der Waals surface area contributed by atoms with E-state index >= 15 is 0 Å². The van der Waals surface area contributed by atoms with E-state index in [-0.39, 0.29) is 5.92 Å². The maximum absolute atomic E-state index is 6.18. The number of benzene rings is 1. The Labute approximate surface area is 121 Å². The fourth-order valence-electron chi connectivity index (χ4n) is 1.77. The molecular formula is C13H12Cl2N2S. The summed E-state index contributed by atoms with van der Waals surface area (Å²) in [6.07, 6.45) is 0. The number of hydrogen-bond acceptors (Lipinski definition) is 2. The van der Waals surface area contributed by atoms with Crippen molar-refractivity contribution in [2.75, 3.05) is 0 Å². The van der Waals surface area contributed by atoms with E-state index in [1.807, 2.05) is 6.07 Å². The lowest BCUT2D eigenvalue weighted by Gasteiger charge is -2.12. The van der Waals surface area contributed by atoms with Crippen LogP contribution in [-0.2, 0) is 0 Å². The number of nitrogens with two attached hydrogens (primary N) is 1. The summed E-state index contributed by atoms with van der Waals surface area (Å²) in [6.45, 7) is 4.11. The average molecular weight is 299 g/mol. The van der Waals surface area contributed by atoms with Crippen LogP contribution in [0.5, 0.6) is 0 Å². The molecule has 1 aromatic heterocycles. The maximum Gasteiger partial charge on any atom is 0.104 e. The normalized spacial score (nSPS) is 11.2. The minimum absolute atomic E-state index is 0.272. The van der Waals surface area contributed by atoms with Crippen LogP contribution >= 0.6 is 35.4 Å². The van der Waals surface area contributed by atoms with Crippen molar-refractivity contribution in [2.24, 2.45) is 5.73 Å². The molecule has 2 nitrogen and oxygen atoms in total. The summed E-state index contributed by atoms with van der Waals surface area (Å²) in [7, 11) is 0. The molecule has 0 bridgehead atoms. The van der Waals surface area contributed by atoms with Crippen LogP contribution in [0.25, 0.3) is 10.9 Å². The molecule has 0 saturated heterocycles. The van der Waals surface area contributed by atoms with Gasteiger partial charge in [-0.25, -0.2) is 0 Å². The molecule has 2 aromatic rings. The minimum Gasteiger partial charge on any atom is -0.389 e. The third-order valence-corrected chi connectivity index (χ3v) is 3.43. The largest absolute Gasteiger partial charge is 0.389 e. The van der Waals surface area contributed by atoms with Gasteiger partial charge in [0.05, 0.1) is 10.5 Å². The van der Waals surface area contributed by atoms with Crippen molar-refractivity contribution in [3.63, 3.8) is 0 Å². The predicted octanol–water partition coefficient (Wildman–Crippen LogP) is 4.30. The van der Waals surface area contributed by atoms with E-state index in [0.717, 1.165) is 16.6 Å². The molecule has 1 aromatic carbocycles. The van der Waals surface area contributed by atoms with E-state index in [2.05, 4.69) is 18.8 Å². The predicted molar refractivity (Wildman–Crippen MR) is 81.7 cm³/mol. The second-order valence-electron chi connectivity index (χ2n) is 4.40. The Kier molecular flexibility index (Phi) is 3.76. The van der Waals surface area contributed by atoms with Gasteiger partial charge in [0.25, 0.3) is 0 Å². The second-order valence-corrected chi connectivity index (χ2v) is 5.68. The van der Waals surface area contributed by atoms with Crippen molar-refractivity contribution < 1.29 is 0 Å². The summed E-state index contributed by atoms with van der Waals surface area (Å²) in [5, 5.41) is 1.85. The van der Waals surface area contributed by atoms with Crippen LogP contribution < -0.4 is 5.73 Å². The molecule has 2 rings (SSSR count). The summed E-state index contributed by atoms with van der Waals surface area (Å²) in [5.41, 5.74) is 8.13. The number of pyridine rings is 1. The molecule has 0 radical (unpaired) electrons. The molecule has 0 fully saturated rings. The zero-order valence-electron chi connectivity index (χ0n) is 10.00. The van der Waals surface area contributed by atoms with Gasteiger partial charge in [-0.3, -0.25) is 4.98 Å². The van der Waals surface area contributed by atoms with Crippen molar-refractivity contribution >= 4 is 51.3 Å². The monoisotopic (exact) mass is 298 g/mol.